The Kier molecular flexibility index (Phi) is 7.08. The molecule has 0 radical (unpaired) electrons. The molecule has 0 fully saturated rings. The molecule has 1 rings (SSSR count). The summed E-state index contributed by atoms with van der Waals surface area (Å²) in [5.74, 6) is 0. The third kappa shape index (κ3) is 4.56. The zero-order valence-electron chi connectivity index (χ0n) is 9.22. The number of rotatable bonds is 3. The Labute approximate surface area is 82.2 Å². The minimum Gasteiger partial charge on any atom is -0.385 e. The van der Waals surface area contributed by atoms with Crippen molar-refractivity contribution >= 4 is 5.69 Å². The second-order valence-corrected chi connectivity index (χ2v) is 2.74. The highest BCUT2D eigenvalue weighted by Gasteiger charge is 1.92. The number of nitrogens with one attached hydrogen (secondary N) is 1. The van der Waals surface area contributed by atoms with Crippen molar-refractivity contribution in [3.05, 3.63) is 29.8 Å². The summed E-state index contributed by atoms with van der Waals surface area (Å²) in [7, 11) is 0. The summed E-state index contributed by atoms with van der Waals surface area (Å²) in [5.41, 5.74) is 2.58. The lowest BCUT2D eigenvalue weighted by Crippen LogP contribution is -2.00. The number of hydrogen-bond donors (Lipinski definition) is 1. The first-order valence-corrected chi connectivity index (χ1v) is 5.14. The van der Waals surface area contributed by atoms with E-state index in [4.69, 9.17) is 0 Å². The van der Waals surface area contributed by atoms with E-state index in [0.29, 0.717) is 0 Å². The smallest absolute Gasteiger partial charge is 0.0369 e. The van der Waals surface area contributed by atoms with E-state index in [1.807, 2.05) is 13.8 Å². The third-order valence-corrected chi connectivity index (χ3v) is 1.71. The van der Waals surface area contributed by atoms with Gasteiger partial charge in [-0.25, -0.2) is 0 Å². The monoisotopic (exact) mass is 179 g/mol. The van der Waals surface area contributed by atoms with Gasteiger partial charge in [0.25, 0.3) is 0 Å². The Morgan fingerprint density at radius 2 is 1.77 bits per heavy atom. The molecule has 74 valence electrons. The molecule has 1 nitrogen and oxygen atoms in total. The minimum atomic E-state index is 1.06. The van der Waals surface area contributed by atoms with Crippen LogP contribution < -0.4 is 5.32 Å². The lowest BCUT2D eigenvalue weighted by molar-refractivity contribution is 0.977. The average molecular weight is 179 g/mol. The molecule has 0 saturated heterocycles. The van der Waals surface area contributed by atoms with Crippen molar-refractivity contribution < 1.29 is 0 Å². The van der Waals surface area contributed by atoms with Gasteiger partial charge in [0.05, 0.1) is 0 Å². The van der Waals surface area contributed by atoms with Crippen LogP contribution in [0.4, 0.5) is 5.69 Å². The van der Waals surface area contributed by atoms with Gasteiger partial charge in [0, 0.05) is 12.2 Å². The molecule has 1 N–H and O–H groups in total. The molecule has 0 amide bonds. The van der Waals surface area contributed by atoms with E-state index < -0.39 is 0 Å². The molecule has 0 aliphatic carbocycles. The van der Waals surface area contributed by atoms with E-state index in [-0.39, 0.29) is 0 Å². The second-order valence-electron chi connectivity index (χ2n) is 2.74. The van der Waals surface area contributed by atoms with Crippen LogP contribution in [0, 0.1) is 6.92 Å². The van der Waals surface area contributed by atoms with Crippen LogP contribution in [0.5, 0.6) is 0 Å². The first kappa shape index (κ1) is 12.0. The fourth-order valence-corrected chi connectivity index (χ4v) is 1.03. The maximum atomic E-state index is 3.36. The molecule has 1 aromatic rings. The predicted molar refractivity (Wildman–Crippen MR) is 61.3 cm³/mol. The van der Waals surface area contributed by atoms with Crippen LogP contribution in [0.25, 0.3) is 0 Å². The summed E-state index contributed by atoms with van der Waals surface area (Å²) >= 11 is 0. The van der Waals surface area contributed by atoms with Crippen molar-refractivity contribution in [2.75, 3.05) is 11.9 Å². The Bertz CT molecular complexity index is 218. The molecule has 0 saturated carbocycles. The molecule has 0 aliphatic rings. The Hall–Kier alpha value is -0.980. The predicted octanol–water partition coefficient (Wildman–Crippen LogP) is 3.84. The van der Waals surface area contributed by atoms with E-state index in [0.717, 1.165) is 6.54 Å². The van der Waals surface area contributed by atoms with Crippen molar-refractivity contribution in [2.24, 2.45) is 0 Å². The topological polar surface area (TPSA) is 12.0 Å². The highest BCUT2D eigenvalue weighted by atomic mass is 14.9. The van der Waals surface area contributed by atoms with Gasteiger partial charge in [-0.2, -0.15) is 0 Å². The minimum absolute atomic E-state index is 1.06. The van der Waals surface area contributed by atoms with Crippen molar-refractivity contribution in [3.8, 4) is 0 Å². The highest BCUT2D eigenvalue weighted by Crippen LogP contribution is 2.12. The summed E-state index contributed by atoms with van der Waals surface area (Å²) in [6.45, 7) is 9.36. The van der Waals surface area contributed by atoms with Gasteiger partial charge in [0.1, 0.15) is 0 Å². The van der Waals surface area contributed by atoms with Gasteiger partial charge in [0.15, 0.2) is 0 Å². The van der Waals surface area contributed by atoms with E-state index in [1.54, 1.807) is 0 Å². The van der Waals surface area contributed by atoms with E-state index >= 15 is 0 Å². The SMILES string of the molecule is CC.CCCNc1ccccc1C. The van der Waals surface area contributed by atoms with E-state index in [2.05, 4.69) is 43.4 Å². The first-order chi connectivity index (χ1) is 6.34. The number of anilines is 1. The van der Waals surface area contributed by atoms with Crippen LogP contribution in [0.1, 0.15) is 32.8 Å². The second kappa shape index (κ2) is 7.66. The lowest BCUT2D eigenvalue weighted by Gasteiger charge is -2.06. The number of aryl methyl sites for hydroxylation is 1. The van der Waals surface area contributed by atoms with Gasteiger partial charge in [-0.1, -0.05) is 39.0 Å². The van der Waals surface area contributed by atoms with Crippen molar-refractivity contribution in [1.29, 1.82) is 0 Å². The quantitative estimate of drug-likeness (QED) is 0.743. The third-order valence-electron chi connectivity index (χ3n) is 1.71. The fraction of sp³-hybridized carbons (Fsp3) is 0.500. The molecule has 0 aliphatic heterocycles. The summed E-state index contributed by atoms with van der Waals surface area (Å²) in [4.78, 5) is 0. The van der Waals surface area contributed by atoms with Crippen molar-refractivity contribution in [3.63, 3.8) is 0 Å². The lowest BCUT2D eigenvalue weighted by atomic mass is 10.2. The summed E-state index contributed by atoms with van der Waals surface area (Å²) in [6, 6.07) is 8.36. The van der Waals surface area contributed by atoms with Crippen LogP contribution in [0.3, 0.4) is 0 Å². The van der Waals surface area contributed by atoms with Crippen LogP contribution >= 0.6 is 0 Å². The highest BCUT2D eigenvalue weighted by molar-refractivity contribution is 5.49. The molecule has 0 spiro atoms. The molecular formula is C12H21N. The van der Waals surface area contributed by atoms with Gasteiger partial charge in [-0.05, 0) is 25.0 Å². The summed E-state index contributed by atoms with van der Waals surface area (Å²) < 4.78 is 0. The van der Waals surface area contributed by atoms with Crippen molar-refractivity contribution in [1.82, 2.24) is 0 Å². The molecule has 0 bridgehead atoms. The first-order valence-electron chi connectivity index (χ1n) is 5.14. The largest absolute Gasteiger partial charge is 0.385 e. The maximum absolute atomic E-state index is 3.36. The molecule has 0 aromatic heterocycles. The Morgan fingerprint density at radius 3 is 2.31 bits per heavy atom. The van der Waals surface area contributed by atoms with Gasteiger partial charge in [0.2, 0.25) is 0 Å². The maximum Gasteiger partial charge on any atom is 0.0369 e. The molecular weight excluding hydrogens is 158 g/mol. The number of hydrogen-bond acceptors (Lipinski definition) is 1. The zero-order chi connectivity index (χ0) is 10.1. The van der Waals surface area contributed by atoms with Crippen LogP contribution in [0.2, 0.25) is 0 Å². The van der Waals surface area contributed by atoms with E-state index in [9.17, 15) is 0 Å². The van der Waals surface area contributed by atoms with Crippen molar-refractivity contribution in [2.45, 2.75) is 34.1 Å². The van der Waals surface area contributed by atoms with Crippen LogP contribution in [-0.4, -0.2) is 6.54 Å². The van der Waals surface area contributed by atoms with Gasteiger partial charge in [-0.15, -0.1) is 0 Å². The molecule has 0 heterocycles. The molecule has 1 heteroatoms. The zero-order valence-corrected chi connectivity index (χ0v) is 9.22. The standard InChI is InChI=1S/C10H15N.C2H6/c1-3-8-11-10-7-5-4-6-9(10)2;1-2/h4-7,11H,3,8H2,1-2H3;1-2H3. The van der Waals surface area contributed by atoms with Crippen LogP contribution in [0.15, 0.2) is 24.3 Å². The molecule has 0 atom stereocenters. The molecule has 1 aromatic carbocycles. The van der Waals surface area contributed by atoms with Gasteiger partial charge in [-0.3, -0.25) is 0 Å². The molecule has 0 unspecified atom stereocenters. The average Bonchev–Trinajstić information content (AvgIpc) is 2.20. The van der Waals surface area contributed by atoms with Gasteiger partial charge >= 0.3 is 0 Å². The molecule has 13 heavy (non-hydrogen) atoms. The normalized spacial score (nSPS) is 8.62. The van der Waals surface area contributed by atoms with Gasteiger partial charge < -0.3 is 5.32 Å². The Balaban J connectivity index is 0.000000671. The Morgan fingerprint density at radius 1 is 1.15 bits per heavy atom. The fourth-order valence-electron chi connectivity index (χ4n) is 1.03. The van der Waals surface area contributed by atoms with E-state index in [1.165, 1.54) is 17.7 Å². The number of benzene rings is 1. The van der Waals surface area contributed by atoms with Crippen LogP contribution in [-0.2, 0) is 0 Å². The summed E-state index contributed by atoms with van der Waals surface area (Å²) in [5, 5.41) is 3.36. The number of para-hydroxylation sites is 1. The summed E-state index contributed by atoms with van der Waals surface area (Å²) in [6.07, 6.45) is 1.17.